The number of fused-ring (bicyclic) bond motifs is 1. The normalized spacial score (nSPS) is 17.6. The Balaban J connectivity index is 1.80. The molecule has 0 aliphatic carbocycles. The number of nitrogens with zero attached hydrogens (tertiary/aromatic N) is 4. The molecule has 1 amide bonds. The topological polar surface area (TPSA) is 99.7 Å². The standard InChI is InChI=1S/C15H22N6O2/c1-8(2)14-18-17-12-7-20(6-9(3)21(12)14)13(22)5-11-10(4)16-19-15(11)23/h8-9H,5-7H2,1-4H3,(H2,16,19,23)/t9-/m0/s1. The lowest BCUT2D eigenvalue weighted by Crippen LogP contribution is -2.42. The monoisotopic (exact) mass is 318 g/mol. The number of aromatic amines is 2. The number of rotatable bonds is 3. The second-order valence-electron chi connectivity index (χ2n) is 6.48. The minimum absolute atomic E-state index is 0.0644. The maximum atomic E-state index is 12.6. The maximum absolute atomic E-state index is 12.6. The Morgan fingerprint density at radius 1 is 1.35 bits per heavy atom. The number of H-pyrrole nitrogens is 2. The summed E-state index contributed by atoms with van der Waals surface area (Å²) in [5, 5.41) is 13.8. The van der Waals surface area contributed by atoms with E-state index in [4.69, 9.17) is 0 Å². The van der Waals surface area contributed by atoms with Crippen LogP contribution in [-0.4, -0.2) is 42.3 Å². The molecule has 0 radical (unpaired) electrons. The highest BCUT2D eigenvalue weighted by molar-refractivity contribution is 5.79. The van der Waals surface area contributed by atoms with Gasteiger partial charge in [0.1, 0.15) is 5.82 Å². The summed E-state index contributed by atoms with van der Waals surface area (Å²) in [5.74, 6) is 1.99. The number of amides is 1. The van der Waals surface area contributed by atoms with Crippen LogP contribution in [-0.2, 0) is 17.8 Å². The Hall–Kier alpha value is -2.38. The summed E-state index contributed by atoms with van der Waals surface area (Å²) in [5.41, 5.74) is 0.974. The van der Waals surface area contributed by atoms with Gasteiger partial charge in [0.05, 0.1) is 19.0 Å². The zero-order valence-corrected chi connectivity index (χ0v) is 13.9. The van der Waals surface area contributed by atoms with Crippen molar-refractivity contribution in [3.8, 4) is 0 Å². The van der Waals surface area contributed by atoms with Gasteiger partial charge in [-0.25, -0.2) is 0 Å². The Morgan fingerprint density at radius 3 is 2.70 bits per heavy atom. The molecule has 1 aliphatic rings. The zero-order valence-electron chi connectivity index (χ0n) is 13.9. The largest absolute Gasteiger partial charge is 0.333 e. The number of nitrogens with one attached hydrogen (secondary N) is 2. The van der Waals surface area contributed by atoms with Crippen LogP contribution in [0.5, 0.6) is 0 Å². The molecule has 1 atom stereocenters. The highest BCUT2D eigenvalue weighted by Gasteiger charge is 2.30. The van der Waals surface area contributed by atoms with E-state index < -0.39 is 0 Å². The number of hydrogen-bond donors (Lipinski definition) is 2. The minimum Gasteiger partial charge on any atom is -0.333 e. The van der Waals surface area contributed by atoms with E-state index in [2.05, 4.69) is 45.7 Å². The average molecular weight is 318 g/mol. The Labute approximate surface area is 133 Å². The smallest absolute Gasteiger partial charge is 0.267 e. The van der Waals surface area contributed by atoms with E-state index >= 15 is 0 Å². The predicted octanol–water partition coefficient (Wildman–Crippen LogP) is 0.872. The van der Waals surface area contributed by atoms with Gasteiger partial charge >= 0.3 is 0 Å². The van der Waals surface area contributed by atoms with Crippen molar-refractivity contribution in [2.75, 3.05) is 6.54 Å². The van der Waals surface area contributed by atoms with Crippen LogP contribution in [0, 0.1) is 6.92 Å². The molecule has 0 saturated heterocycles. The quantitative estimate of drug-likeness (QED) is 0.877. The van der Waals surface area contributed by atoms with E-state index in [1.807, 2.05) is 0 Å². The first-order valence-corrected chi connectivity index (χ1v) is 7.86. The summed E-state index contributed by atoms with van der Waals surface area (Å²) >= 11 is 0. The fourth-order valence-electron chi connectivity index (χ4n) is 3.09. The Kier molecular flexibility index (Phi) is 3.83. The molecule has 3 rings (SSSR count). The number of hydrogen-bond acceptors (Lipinski definition) is 4. The van der Waals surface area contributed by atoms with Crippen LogP contribution in [0.2, 0.25) is 0 Å². The van der Waals surface area contributed by atoms with E-state index in [0.29, 0.717) is 30.3 Å². The van der Waals surface area contributed by atoms with E-state index in [-0.39, 0.29) is 23.9 Å². The average Bonchev–Trinajstić information content (AvgIpc) is 3.06. The van der Waals surface area contributed by atoms with Crippen LogP contribution < -0.4 is 5.56 Å². The minimum atomic E-state index is -0.230. The third-order valence-corrected chi connectivity index (χ3v) is 4.34. The molecule has 8 nitrogen and oxygen atoms in total. The van der Waals surface area contributed by atoms with Gasteiger partial charge in [0.25, 0.3) is 5.56 Å². The number of aromatic nitrogens is 5. The van der Waals surface area contributed by atoms with Crippen LogP contribution in [0.15, 0.2) is 4.79 Å². The van der Waals surface area contributed by atoms with Crippen molar-refractivity contribution >= 4 is 5.91 Å². The van der Waals surface area contributed by atoms with Crippen LogP contribution in [0.3, 0.4) is 0 Å². The molecular weight excluding hydrogens is 296 g/mol. The van der Waals surface area contributed by atoms with Crippen LogP contribution >= 0.6 is 0 Å². The summed E-state index contributed by atoms with van der Waals surface area (Å²) < 4.78 is 2.13. The lowest BCUT2D eigenvalue weighted by atomic mass is 10.1. The van der Waals surface area contributed by atoms with E-state index in [1.54, 1.807) is 11.8 Å². The molecule has 0 bridgehead atoms. The summed E-state index contributed by atoms with van der Waals surface area (Å²) in [6, 6.07) is 0.126. The van der Waals surface area contributed by atoms with Crippen LogP contribution in [0.4, 0.5) is 0 Å². The molecule has 0 spiro atoms. The highest BCUT2D eigenvalue weighted by atomic mass is 16.2. The lowest BCUT2D eigenvalue weighted by molar-refractivity contribution is -0.132. The molecular formula is C15H22N6O2. The van der Waals surface area contributed by atoms with Crippen molar-refractivity contribution in [2.24, 2.45) is 0 Å². The first kappa shape index (κ1) is 15.5. The van der Waals surface area contributed by atoms with E-state index in [9.17, 15) is 9.59 Å². The van der Waals surface area contributed by atoms with Crippen LogP contribution in [0.25, 0.3) is 0 Å². The summed E-state index contributed by atoms with van der Waals surface area (Å²) in [6.07, 6.45) is 0.0998. The van der Waals surface area contributed by atoms with E-state index in [0.717, 1.165) is 11.6 Å². The van der Waals surface area contributed by atoms with Crippen molar-refractivity contribution < 1.29 is 4.79 Å². The molecule has 0 aromatic carbocycles. The van der Waals surface area contributed by atoms with Crippen molar-refractivity contribution in [3.63, 3.8) is 0 Å². The Morgan fingerprint density at radius 2 is 2.09 bits per heavy atom. The molecule has 2 N–H and O–H groups in total. The molecule has 8 heteroatoms. The van der Waals surface area contributed by atoms with Gasteiger partial charge in [-0.2, -0.15) is 0 Å². The molecule has 124 valence electrons. The molecule has 23 heavy (non-hydrogen) atoms. The SMILES string of the molecule is Cc1[nH][nH]c(=O)c1CC(=O)N1Cc2nnc(C(C)C)n2[C@@H](C)C1. The summed E-state index contributed by atoms with van der Waals surface area (Å²) in [4.78, 5) is 26.0. The zero-order chi connectivity index (χ0) is 16.7. The van der Waals surface area contributed by atoms with Gasteiger partial charge in [-0.1, -0.05) is 13.8 Å². The first-order chi connectivity index (χ1) is 10.9. The predicted molar refractivity (Wildman–Crippen MR) is 84.1 cm³/mol. The van der Waals surface area contributed by atoms with Gasteiger partial charge in [0, 0.05) is 23.7 Å². The van der Waals surface area contributed by atoms with Gasteiger partial charge in [-0.3, -0.25) is 14.7 Å². The van der Waals surface area contributed by atoms with Crippen molar-refractivity contribution in [1.82, 2.24) is 29.9 Å². The van der Waals surface area contributed by atoms with E-state index in [1.165, 1.54) is 0 Å². The molecule has 1 aliphatic heterocycles. The lowest BCUT2D eigenvalue weighted by Gasteiger charge is -2.33. The third kappa shape index (κ3) is 2.69. The van der Waals surface area contributed by atoms with Gasteiger partial charge in [0.15, 0.2) is 5.82 Å². The molecule has 3 heterocycles. The number of carbonyl (C=O) groups is 1. The molecule has 2 aromatic rings. The second kappa shape index (κ2) is 5.68. The van der Waals surface area contributed by atoms with Gasteiger partial charge < -0.3 is 14.6 Å². The second-order valence-corrected chi connectivity index (χ2v) is 6.48. The summed E-state index contributed by atoms with van der Waals surface area (Å²) in [6.45, 7) is 9.05. The highest BCUT2D eigenvalue weighted by Crippen LogP contribution is 2.25. The Bertz CT molecular complexity index is 784. The summed E-state index contributed by atoms with van der Waals surface area (Å²) in [7, 11) is 0. The fourth-order valence-corrected chi connectivity index (χ4v) is 3.09. The first-order valence-electron chi connectivity index (χ1n) is 7.86. The number of aryl methyl sites for hydroxylation is 1. The van der Waals surface area contributed by atoms with Crippen molar-refractivity contribution in [2.45, 2.75) is 52.6 Å². The number of carbonyl (C=O) groups excluding carboxylic acids is 1. The van der Waals surface area contributed by atoms with Gasteiger partial charge in [0.2, 0.25) is 5.91 Å². The van der Waals surface area contributed by atoms with Gasteiger partial charge in [-0.15, -0.1) is 10.2 Å². The molecule has 2 aromatic heterocycles. The van der Waals surface area contributed by atoms with Crippen molar-refractivity contribution in [1.29, 1.82) is 0 Å². The molecule has 0 unspecified atom stereocenters. The molecule has 0 fully saturated rings. The van der Waals surface area contributed by atoms with Crippen molar-refractivity contribution in [3.05, 3.63) is 33.3 Å². The maximum Gasteiger partial charge on any atom is 0.267 e. The molecule has 0 saturated carbocycles. The van der Waals surface area contributed by atoms with Crippen LogP contribution in [0.1, 0.15) is 55.6 Å². The third-order valence-electron chi connectivity index (χ3n) is 4.34. The van der Waals surface area contributed by atoms with Gasteiger partial charge in [-0.05, 0) is 13.8 Å². The fraction of sp³-hybridized carbons (Fsp3) is 0.600.